The van der Waals surface area contributed by atoms with E-state index in [9.17, 15) is 24.9 Å². The molecule has 0 aromatic carbocycles. The van der Waals surface area contributed by atoms with Gasteiger partial charge in [0.2, 0.25) is 5.78 Å². The summed E-state index contributed by atoms with van der Waals surface area (Å²) in [5, 5.41) is 40.4. The molecule has 1 rings (SSSR count). The van der Waals surface area contributed by atoms with Crippen LogP contribution in [0.1, 0.15) is 20.3 Å². The Morgan fingerprint density at radius 3 is 2.39 bits per heavy atom. The van der Waals surface area contributed by atoms with Gasteiger partial charge in [-0.25, -0.2) is 0 Å². The molecular formula is C14H25NO8. The molecule has 1 amide bonds. The zero-order valence-electron chi connectivity index (χ0n) is 13.2. The van der Waals surface area contributed by atoms with E-state index < -0.39 is 49.0 Å². The lowest BCUT2D eigenvalue weighted by Gasteiger charge is -2.39. The summed E-state index contributed by atoms with van der Waals surface area (Å²) >= 11 is 0. The number of Topliss-reactive ketones (excluding diaryl/α,β-unsaturated/α-hetero) is 1. The van der Waals surface area contributed by atoms with Crippen molar-refractivity contribution in [2.75, 3.05) is 19.8 Å². The average molecular weight is 335 g/mol. The molecule has 0 aliphatic carbocycles. The second-order valence-electron chi connectivity index (χ2n) is 5.70. The molecule has 5 atom stereocenters. The first kappa shape index (κ1) is 19.9. The summed E-state index contributed by atoms with van der Waals surface area (Å²) in [6.45, 7) is 3.01. The molecule has 23 heavy (non-hydrogen) atoms. The van der Waals surface area contributed by atoms with Crippen LogP contribution in [0.15, 0.2) is 0 Å². The topological polar surface area (TPSA) is 146 Å². The Balaban J connectivity index is 2.30. The molecule has 9 heteroatoms. The van der Waals surface area contributed by atoms with E-state index in [0.29, 0.717) is 6.42 Å². The van der Waals surface area contributed by atoms with E-state index in [2.05, 4.69) is 5.32 Å². The maximum atomic E-state index is 11.4. The Kier molecular flexibility index (Phi) is 8.03. The molecule has 134 valence electrons. The van der Waals surface area contributed by atoms with Gasteiger partial charge >= 0.3 is 0 Å². The number of amides is 1. The van der Waals surface area contributed by atoms with Gasteiger partial charge in [-0.2, -0.15) is 0 Å². The minimum absolute atomic E-state index is 0.0822. The number of hydrogen-bond acceptors (Lipinski definition) is 8. The van der Waals surface area contributed by atoms with Gasteiger partial charge in [0, 0.05) is 12.5 Å². The minimum atomic E-state index is -1.49. The van der Waals surface area contributed by atoms with Crippen LogP contribution in [0.3, 0.4) is 0 Å². The second kappa shape index (κ2) is 9.26. The number of rotatable bonds is 8. The van der Waals surface area contributed by atoms with Crippen molar-refractivity contribution in [1.82, 2.24) is 5.32 Å². The summed E-state index contributed by atoms with van der Waals surface area (Å²) < 4.78 is 10.4. The normalized spacial score (nSPS) is 31.2. The minimum Gasteiger partial charge on any atom is -0.394 e. The average Bonchev–Trinajstić information content (AvgIpc) is 2.53. The molecule has 0 unspecified atom stereocenters. The predicted octanol–water partition coefficient (Wildman–Crippen LogP) is -2.47. The van der Waals surface area contributed by atoms with Crippen LogP contribution in [0, 0.1) is 5.92 Å². The van der Waals surface area contributed by atoms with Crippen molar-refractivity contribution in [3.8, 4) is 0 Å². The molecule has 1 fully saturated rings. The largest absolute Gasteiger partial charge is 0.394 e. The highest BCUT2D eigenvalue weighted by atomic mass is 16.7. The highest BCUT2D eigenvalue weighted by molar-refractivity contribution is 6.36. The van der Waals surface area contributed by atoms with Gasteiger partial charge in [0.1, 0.15) is 24.4 Å². The van der Waals surface area contributed by atoms with Crippen LogP contribution in [0.5, 0.6) is 0 Å². The van der Waals surface area contributed by atoms with Crippen molar-refractivity contribution in [2.45, 2.75) is 51.0 Å². The van der Waals surface area contributed by atoms with Gasteiger partial charge in [-0.1, -0.05) is 13.8 Å². The summed E-state index contributed by atoms with van der Waals surface area (Å²) in [6.07, 6.45) is -6.25. The molecule has 0 spiro atoms. The molecule has 0 bridgehead atoms. The van der Waals surface area contributed by atoms with Crippen molar-refractivity contribution in [3.05, 3.63) is 0 Å². The van der Waals surface area contributed by atoms with Gasteiger partial charge in [0.15, 0.2) is 6.29 Å². The fraction of sp³-hybridized carbons (Fsp3) is 0.857. The fourth-order valence-electron chi connectivity index (χ4n) is 2.03. The number of carbonyl (C=O) groups is 2. The van der Waals surface area contributed by atoms with E-state index in [1.165, 1.54) is 0 Å². The zero-order valence-corrected chi connectivity index (χ0v) is 13.2. The first-order valence-electron chi connectivity index (χ1n) is 7.53. The van der Waals surface area contributed by atoms with Crippen LogP contribution in [-0.4, -0.2) is 82.6 Å². The van der Waals surface area contributed by atoms with E-state index in [1.54, 1.807) is 13.8 Å². The number of nitrogens with one attached hydrogen (secondary N) is 1. The number of ketones is 1. The van der Waals surface area contributed by atoms with Crippen LogP contribution in [0.25, 0.3) is 0 Å². The molecule has 0 radical (unpaired) electrons. The summed E-state index contributed by atoms with van der Waals surface area (Å²) in [6, 6.07) is 0. The van der Waals surface area contributed by atoms with E-state index in [4.69, 9.17) is 14.6 Å². The fourth-order valence-corrected chi connectivity index (χ4v) is 2.03. The molecule has 1 aliphatic rings. The Morgan fingerprint density at radius 1 is 1.17 bits per heavy atom. The number of aliphatic hydroxyl groups is 4. The number of aliphatic hydroxyl groups excluding tert-OH is 4. The van der Waals surface area contributed by atoms with Crippen molar-refractivity contribution in [1.29, 1.82) is 0 Å². The molecule has 1 heterocycles. The lowest BCUT2D eigenvalue weighted by atomic mass is 9.99. The summed E-state index contributed by atoms with van der Waals surface area (Å²) in [4.78, 5) is 22.8. The van der Waals surface area contributed by atoms with Crippen molar-refractivity contribution in [2.24, 2.45) is 5.92 Å². The SMILES string of the molecule is CC(C)C(=O)C(=O)NCCCO[C@H]1O[C@H](CO)[C@@H](O)[C@H](O)[C@@H]1O. The Labute approximate surface area is 134 Å². The van der Waals surface area contributed by atoms with E-state index >= 15 is 0 Å². The molecule has 9 nitrogen and oxygen atoms in total. The van der Waals surface area contributed by atoms with Crippen LogP contribution >= 0.6 is 0 Å². The lowest BCUT2D eigenvalue weighted by Crippen LogP contribution is -2.59. The molecule has 0 saturated carbocycles. The number of hydrogen-bond donors (Lipinski definition) is 5. The summed E-state index contributed by atoms with van der Waals surface area (Å²) in [5.41, 5.74) is 0. The van der Waals surface area contributed by atoms with Crippen molar-refractivity contribution >= 4 is 11.7 Å². The quantitative estimate of drug-likeness (QED) is 0.242. The van der Waals surface area contributed by atoms with E-state index in [1.807, 2.05) is 0 Å². The maximum Gasteiger partial charge on any atom is 0.287 e. The van der Waals surface area contributed by atoms with Gasteiger partial charge in [0.25, 0.3) is 5.91 Å². The smallest absolute Gasteiger partial charge is 0.287 e. The van der Waals surface area contributed by atoms with Gasteiger partial charge in [0.05, 0.1) is 13.2 Å². The highest BCUT2D eigenvalue weighted by Crippen LogP contribution is 2.21. The standard InChI is InChI=1S/C14H25NO8/c1-7(2)9(17)13(21)15-4-3-5-22-14-12(20)11(19)10(18)8(6-16)23-14/h7-8,10-12,14,16,18-20H,3-6H2,1-2H3,(H,15,21)/t8-,10-,11+,12+,14+/m1/s1. The van der Waals surface area contributed by atoms with Crippen LogP contribution in [-0.2, 0) is 19.1 Å². The van der Waals surface area contributed by atoms with Crippen molar-refractivity contribution < 1.29 is 39.5 Å². The van der Waals surface area contributed by atoms with E-state index in [0.717, 1.165) is 0 Å². The molecule has 0 aromatic heterocycles. The predicted molar refractivity (Wildman–Crippen MR) is 77.2 cm³/mol. The number of ether oxygens (including phenoxy) is 2. The maximum absolute atomic E-state index is 11.4. The van der Waals surface area contributed by atoms with Gasteiger partial charge in [-0.05, 0) is 6.42 Å². The van der Waals surface area contributed by atoms with Crippen LogP contribution < -0.4 is 5.32 Å². The number of carbonyl (C=O) groups excluding carboxylic acids is 2. The highest BCUT2D eigenvalue weighted by Gasteiger charge is 2.43. The van der Waals surface area contributed by atoms with Crippen LogP contribution in [0.2, 0.25) is 0 Å². The third-order valence-electron chi connectivity index (χ3n) is 3.49. The molecular weight excluding hydrogens is 310 g/mol. The summed E-state index contributed by atoms with van der Waals surface area (Å²) in [5.74, 6) is -1.53. The first-order valence-corrected chi connectivity index (χ1v) is 7.53. The third kappa shape index (κ3) is 5.48. The summed E-state index contributed by atoms with van der Waals surface area (Å²) in [7, 11) is 0. The molecule has 1 aliphatic heterocycles. The lowest BCUT2D eigenvalue weighted by molar-refractivity contribution is -0.301. The van der Waals surface area contributed by atoms with E-state index in [-0.39, 0.29) is 19.1 Å². The monoisotopic (exact) mass is 335 g/mol. The second-order valence-corrected chi connectivity index (χ2v) is 5.70. The molecule has 1 saturated heterocycles. The Morgan fingerprint density at radius 2 is 1.83 bits per heavy atom. The first-order chi connectivity index (χ1) is 10.8. The van der Waals surface area contributed by atoms with Crippen molar-refractivity contribution in [3.63, 3.8) is 0 Å². The van der Waals surface area contributed by atoms with Gasteiger partial charge in [-0.15, -0.1) is 0 Å². The van der Waals surface area contributed by atoms with Crippen LogP contribution in [0.4, 0.5) is 0 Å². The van der Waals surface area contributed by atoms with Gasteiger partial charge in [-0.3, -0.25) is 9.59 Å². The molecule has 5 N–H and O–H groups in total. The Bertz CT molecular complexity index is 400. The van der Waals surface area contributed by atoms with Gasteiger partial charge < -0.3 is 35.2 Å². The Hall–Kier alpha value is -1.10. The third-order valence-corrected chi connectivity index (χ3v) is 3.49. The molecule has 0 aromatic rings. The zero-order chi connectivity index (χ0) is 17.6.